The number of hydrogen-bond donors (Lipinski definition) is 2. The molecule has 5 heteroatoms. The van der Waals surface area contributed by atoms with Crippen LogP contribution in [0.5, 0.6) is 5.75 Å². The van der Waals surface area contributed by atoms with E-state index in [1.54, 1.807) is 7.11 Å². The second-order valence-corrected chi connectivity index (χ2v) is 5.43. The summed E-state index contributed by atoms with van der Waals surface area (Å²) in [7, 11) is 1.67. The van der Waals surface area contributed by atoms with Gasteiger partial charge in [0.2, 0.25) is 0 Å². The molecule has 118 valence electrons. The maximum absolute atomic E-state index is 6.14. The SMILES string of the molecule is CCOC1(C(NN)c2ccc(OC)cc2C)CCOCC1. The van der Waals surface area contributed by atoms with E-state index in [-0.39, 0.29) is 11.6 Å². The van der Waals surface area contributed by atoms with Crippen molar-refractivity contribution in [3.8, 4) is 5.75 Å². The first-order valence-corrected chi connectivity index (χ1v) is 7.49. The van der Waals surface area contributed by atoms with E-state index in [1.165, 1.54) is 0 Å². The number of hydrazine groups is 1. The molecule has 1 fully saturated rings. The normalized spacial score (nSPS) is 19.2. The van der Waals surface area contributed by atoms with Gasteiger partial charge in [-0.25, -0.2) is 0 Å². The van der Waals surface area contributed by atoms with Gasteiger partial charge < -0.3 is 14.2 Å². The number of hydrogen-bond acceptors (Lipinski definition) is 5. The van der Waals surface area contributed by atoms with Crippen molar-refractivity contribution in [1.82, 2.24) is 5.43 Å². The smallest absolute Gasteiger partial charge is 0.119 e. The highest BCUT2D eigenvalue weighted by Crippen LogP contribution is 2.39. The van der Waals surface area contributed by atoms with Gasteiger partial charge in [0.05, 0.1) is 18.8 Å². The summed E-state index contributed by atoms with van der Waals surface area (Å²) in [6.45, 7) is 6.15. The van der Waals surface area contributed by atoms with Crippen LogP contribution in [-0.2, 0) is 9.47 Å². The van der Waals surface area contributed by atoms with Crippen LogP contribution in [0.25, 0.3) is 0 Å². The molecule has 3 N–H and O–H groups in total. The van der Waals surface area contributed by atoms with Crippen molar-refractivity contribution >= 4 is 0 Å². The lowest BCUT2D eigenvalue weighted by Gasteiger charge is -2.43. The van der Waals surface area contributed by atoms with Gasteiger partial charge in [0.15, 0.2) is 0 Å². The first-order chi connectivity index (χ1) is 10.2. The summed E-state index contributed by atoms with van der Waals surface area (Å²) in [5.41, 5.74) is 4.94. The molecule has 5 nitrogen and oxygen atoms in total. The van der Waals surface area contributed by atoms with E-state index < -0.39 is 0 Å². The molecule has 1 aliphatic rings. The number of rotatable bonds is 6. The van der Waals surface area contributed by atoms with Gasteiger partial charge >= 0.3 is 0 Å². The van der Waals surface area contributed by atoms with E-state index in [1.807, 2.05) is 19.1 Å². The van der Waals surface area contributed by atoms with Crippen molar-refractivity contribution in [3.63, 3.8) is 0 Å². The molecular formula is C16H26N2O3. The van der Waals surface area contributed by atoms with Crippen molar-refractivity contribution in [1.29, 1.82) is 0 Å². The predicted molar refractivity (Wildman–Crippen MR) is 82.2 cm³/mol. The Bertz CT molecular complexity index is 453. The molecule has 0 radical (unpaired) electrons. The van der Waals surface area contributed by atoms with E-state index in [0.717, 1.165) is 29.7 Å². The lowest BCUT2D eigenvalue weighted by Crippen LogP contribution is -2.52. The molecule has 0 amide bonds. The third-order valence-electron chi connectivity index (χ3n) is 4.25. The minimum absolute atomic E-state index is 0.0627. The van der Waals surface area contributed by atoms with E-state index in [9.17, 15) is 0 Å². The van der Waals surface area contributed by atoms with E-state index in [2.05, 4.69) is 18.4 Å². The zero-order valence-corrected chi connectivity index (χ0v) is 13.1. The van der Waals surface area contributed by atoms with Gasteiger partial charge in [-0.2, -0.15) is 0 Å². The Kier molecular flexibility index (Phi) is 5.58. The lowest BCUT2D eigenvalue weighted by molar-refractivity contribution is -0.128. The number of nitrogens with one attached hydrogen (secondary N) is 1. The summed E-state index contributed by atoms with van der Waals surface area (Å²) in [5.74, 6) is 6.74. The fraction of sp³-hybridized carbons (Fsp3) is 0.625. The molecule has 2 rings (SSSR count). The Labute approximate surface area is 126 Å². The highest BCUT2D eigenvalue weighted by Gasteiger charge is 2.42. The first-order valence-electron chi connectivity index (χ1n) is 7.49. The summed E-state index contributed by atoms with van der Waals surface area (Å²) < 4.78 is 16.9. The summed E-state index contributed by atoms with van der Waals surface area (Å²) >= 11 is 0. The van der Waals surface area contributed by atoms with Gasteiger partial charge in [0, 0.05) is 32.7 Å². The topological polar surface area (TPSA) is 65.7 Å². The molecule has 1 unspecified atom stereocenters. The first kappa shape index (κ1) is 16.2. The highest BCUT2D eigenvalue weighted by molar-refractivity contribution is 5.38. The predicted octanol–water partition coefficient (Wildman–Crippen LogP) is 2.09. The molecule has 0 bridgehead atoms. The van der Waals surface area contributed by atoms with Crippen LogP contribution < -0.4 is 16.0 Å². The zero-order valence-electron chi connectivity index (χ0n) is 13.1. The molecule has 1 aromatic rings. The Morgan fingerprint density at radius 2 is 2.10 bits per heavy atom. The number of methoxy groups -OCH3 is 1. The fourth-order valence-corrected chi connectivity index (χ4v) is 3.14. The highest BCUT2D eigenvalue weighted by atomic mass is 16.5. The number of nitrogens with two attached hydrogens (primary N) is 1. The molecule has 0 spiro atoms. The van der Waals surface area contributed by atoms with Crippen molar-refractivity contribution in [2.75, 3.05) is 26.9 Å². The number of aryl methyl sites for hydroxylation is 1. The van der Waals surface area contributed by atoms with E-state index in [4.69, 9.17) is 20.1 Å². The van der Waals surface area contributed by atoms with Crippen LogP contribution >= 0.6 is 0 Å². The molecule has 1 aromatic carbocycles. The molecule has 0 aliphatic carbocycles. The lowest BCUT2D eigenvalue weighted by atomic mass is 9.81. The average molecular weight is 294 g/mol. The zero-order chi connectivity index (χ0) is 15.3. The molecular weight excluding hydrogens is 268 g/mol. The Morgan fingerprint density at radius 1 is 1.38 bits per heavy atom. The fourth-order valence-electron chi connectivity index (χ4n) is 3.14. The Balaban J connectivity index is 2.36. The monoisotopic (exact) mass is 294 g/mol. The number of benzene rings is 1. The summed E-state index contributed by atoms with van der Waals surface area (Å²) in [5, 5.41) is 0. The summed E-state index contributed by atoms with van der Waals surface area (Å²) in [6.07, 6.45) is 1.67. The third-order valence-corrected chi connectivity index (χ3v) is 4.25. The second-order valence-electron chi connectivity index (χ2n) is 5.43. The van der Waals surface area contributed by atoms with Gasteiger partial charge in [0.25, 0.3) is 0 Å². The Morgan fingerprint density at radius 3 is 2.62 bits per heavy atom. The maximum Gasteiger partial charge on any atom is 0.119 e. The summed E-state index contributed by atoms with van der Waals surface area (Å²) in [4.78, 5) is 0. The van der Waals surface area contributed by atoms with Crippen LogP contribution in [0.15, 0.2) is 18.2 Å². The van der Waals surface area contributed by atoms with Crippen LogP contribution in [-0.4, -0.2) is 32.5 Å². The van der Waals surface area contributed by atoms with Crippen molar-refractivity contribution in [2.24, 2.45) is 5.84 Å². The van der Waals surface area contributed by atoms with Crippen molar-refractivity contribution in [3.05, 3.63) is 29.3 Å². The molecule has 1 aliphatic heterocycles. The summed E-state index contributed by atoms with van der Waals surface area (Å²) in [6, 6.07) is 5.99. The van der Waals surface area contributed by atoms with E-state index >= 15 is 0 Å². The largest absolute Gasteiger partial charge is 0.497 e. The standard InChI is InChI=1S/C16H26N2O3/c1-4-21-16(7-9-20-10-8-16)15(18-17)14-6-5-13(19-3)11-12(14)2/h5-6,11,15,18H,4,7-10,17H2,1-3H3. The van der Waals surface area contributed by atoms with Gasteiger partial charge in [0.1, 0.15) is 5.75 Å². The van der Waals surface area contributed by atoms with Crippen molar-refractivity contribution in [2.45, 2.75) is 38.3 Å². The average Bonchev–Trinajstić information content (AvgIpc) is 2.50. The Hall–Kier alpha value is -1.14. The van der Waals surface area contributed by atoms with Crippen LogP contribution in [0.2, 0.25) is 0 Å². The quantitative estimate of drug-likeness (QED) is 0.621. The van der Waals surface area contributed by atoms with Crippen LogP contribution in [0, 0.1) is 6.92 Å². The molecule has 21 heavy (non-hydrogen) atoms. The third kappa shape index (κ3) is 3.37. The van der Waals surface area contributed by atoms with Crippen LogP contribution in [0.4, 0.5) is 0 Å². The second kappa shape index (κ2) is 7.22. The van der Waals surface area contributed by atoms with Gasteiger partial charge in [-0.15, -0.1) is 0 Å². The molecule has 0 saturated carbocycles. The van der Waals surface area contributed by atoms with Gasteiger partial charge in [-0.1, -0.05) is 6.07 Å². The molecule has 1 heterocycles. The number of ether oxygens (including phenoxy) is 3. The van der Waals surface area contributed by atoms with Crippen molar-refractivity contribution < 1.29 is 14.2 Å². The van der Waals surface area contributed by atoms with Crippen LogP contribution in [0.1, 0.15) is 36.9 Å². The van der Waals surface area contributed by atoms with E-state index in [0.29, 0.717) is 19.8 Å². The molecule has 0 aromatic heterocycles. The van der Waals surface area contributed by atoms with Crippen LogP contribution in [0.3, 0.4) is 0 Å². The van der Waals surface area contributed by atoms with Gasteiger partial charge in [-0.05, 0) is 37.1 Å². The molecule has 1 saturated heterocycles. The maximum atomic E-state index is 6.14. The minimum atomic E-state index is -0.318. The molecule has 1 atom stereocenters. The minimum Gasteiger partial charge on any atom is -0.497 e. The van der Waals surface area contributed by atoms with Gasteiger partial charge in [-0.3, -0.25) is 11.3 Å².